The van der Waals surface area contributed by atoms with E-state index in [-0.39, 0.29) is 0 Å². The molecule has 0 radical (unpaired) electrons. The lowest BCUT2D eigenvalue weighted by Crippen LogP contribution is -2.45. The second kappa shape index (κ2) is 5.73. The number of nitrogens with one attached hydrogen (secondary N) is 1. The molecule has 0 fully saturated rings. The monoisotopic (exact) mass is 336 g/mol. The summed E-state index contributed by atoms with van der Waals surface area (Å²) in [5, 5.41) is 2.62. The van der Waals surface area contributed by atoms with Gasteiger partial charge in [0.1, 0.15) is 11.4 Å². The number of hydrogen-bond donors (Lipinski definition) is 2. The van der Waals surface area contributed by atoms with Gasteiger partial charge >= 0.3 is 0 Å². The molecule has 1 amide bonds. The van der Waals surface area contributed by atoms with Gasteiger partial charge in [0.05, 0.1) is 4.47 Å². The molecule has 3 N–H and O–H groups in total. The van der Waals surface area contributed by atoms with Crippen LogP contribution in [0.4, 0.5) is 10.1 Å². The van der Waals surface area contributed by atoms with E-state index in [2.05, 4.69) is 21.2 Å². The molecule has 5 heteroatoms. The zero-order valence-corrected chi connectivity index (χ0v) is 12.4. The normalized spacial score (nSPS) is 13.6. The van der Waals surface area contributed by atoms with E-state index in [9.17, 15) is 9.18 Å². The van der Waals surface area contributed by atoms with Crippen molar-refractivity contribution in [3.05, 3.63) is 64.4 Å². The molecule has 0 bridgehead atoms. The average Bonchev–Trinajstić information content (AvgIpc) is 2.44. The Morgan fingerprint density at radius 1 is 1.25 bits per heavy atom. The third kappa shape index (κ3) is 3.05. The first-order valence-electron chi connectivity index (χ1n) is 6.02. The van der Waals surface area contributed by atoms with Crippen LogP contribution >= 0.6 is 15.9 Å². The first-order valence-corrected chi connectivity index (χ1v) is 6.81. The minimum Gasteiger partial charge on any atom is -0.324 e. The van der Waals surface area contributed by atoms with Crippen molar-refractivity contribution in [2.24, 2.45) is 5.73 Å². The van der Waals surface area contributed by atoms with Gasteiger partial charge in [-0.1, -0.05) is 30.3 Å². The number of amides is 1. The predicted octanol–water partition coefficient (Wildman–Crippen LogP) is 3.40. The lowest BCUT2D eigenvalue weighted by atomic mass is 9.92. The Hall–Kier alpha value is -1.72. The lowest BCUT2D eigenvalue weighted by Gasteiger charge is -2.24. The van der Waals surface area contributed by atoms with E-state index in [0.29, 0.717) is 15.7 Å². The molecular formula is C15H14BrFN2O. The van der Waals surface area contributed by atoms with Crippen molar-refractivity contribution in [3.63, 3.8) is 0 Å². The Morgan fingerprint density at radius 2 is 1.90 bits per heavy atom. The van der Waals surface area contributed by atoms with Gasteiger partial charge < -0.3 is 11.1 Å². The Labute approximate surface area is 125 Å². The standard InChI is InChI=1S/C15H14BrFN2O/c1-15(18,10-5-3-2-4-6-10)14(20)19-11-7-8-12(16)13(17)9-11/h2-9H,18H2,1H3,(H,19,20). The van der Waals surface area contributed by atoms with Crippen LogP contribution in [0.3, 0.4) is 0 Å². The Bertz CT molecular complexity index is 629. The van der Waals surface area contributed by atoms with Crippen molar-refractivity contribution in [2.75, 3.05) is 5.32 Å². The number of carbonyl (C=O) groups is 1. The first kappa shape index (κ1) is 14.7. The molecule has 104 valence electrons. The second-order valence-corrected chi connectivity index (χ2v) is 5.51. The minimum atomic E-state index is -1.19. The number of rotatable bonds is 3. The van der Waals surface area contributed by atoms with Crippen LogP contribution in [0.25, 0.3) is 0 Å². The van der Waals surface area contributed by atoms with Gasteiger partial charge in [-0.25, -0.2) is 4.39 Å². The SMILES string of the molecule is CC(N)(C(=O)Nc1ccc(Br)c(F)c1)c1ccccc1. The van der Waals surface area contributed by atoms with Gasteiger partial charge in [-0.05, 0) is 46.6 Å². The molecule has 0 aliphatic rings. The highest BCUT2D eigenvalue weighted by atomic mass is 79.9. The van der Waals surface area contributed by atoms with E-state index in [1.54, 1.807) is 25.1 Å². The molecule has 0 aliphatic heterocycles. The number of hydrogen-bond acceptors (Lipinski definition) is 2. The highest BCUT2D eigenvalue weighted by molar-refractivity contribution is 9.10. The van der Waals surface area contributed by atoms with Gasteiger partial charge in [0.15, 0.2) is 0 Å². The molecule has 2 rings (SSSR count). The van der Waals surface area contributed by atoms with Crippen molar-refractivity contribution in [3.8, 4) is 0 Å². The molecule has 2 aromatic carbocycles. The molecule has 0 saturated carbocycles. The molecular weight excluding hydrogens is 323 g/mol. The van der Waals surface area contributed by atoms with Gasteiger partial charge in [0.25, 0.3) is 0 Å². The van der Waals surface area contributed by atoms with Crippen LogP contribution in [0.1, 0.15) is 12.5 Å². The molecule has 0 saturated heterocycles. The summed E-state index contributed by atoms with van der Waals surface area (Å²) in [5.41, 5.74) is 5.95. The predicted molar refractivity (Wildman–Crippen MR) is 80.7 cm³/mol. The van der Waals surface area contributed by atoms with Crippen LogP contribution in [-0.2, 0) is 10.3 Å². The first-order chi connectivity index (χ1) is 9.41. The third-order valence-electron chi connectivity index (χ3n) is 3.02. The fraction of sp³-hybridized carbons (Fsp3) is 0.133. The molecule has 0 aromatic heterocycles. The van der Waals surface area contributed by atoms with Crippen LogP contribution in [0, 0.1) is 5.82 Å². The van der Waals surface area contributed by atoms with Gasteiger partial charge in [-0.15, -0.1) is 0 Å². The van der Waals surface area contributed by atoms with Gasteiger partial charge in [-0.2, -0.15) is 0 Å². The smallest absolute Gasteiger partial charge is 0.248 e. The molecule has 2 aromatic rings. The largest absolute Gasteiger partial charge is 0.324 e. The molecule has 0 spiro atoms. The highest BCUT2D eigenvalue weighted by Crippen LogP contribution is 2.22. The maximum atomic E-state index is 13.4. The maximum absolute atomic E-state index is 13.4. The van der Waals surface area contributed by atoms with Crippen molar-refractivity contribution in [1.82, 2.24) is 0 Å². The van der Waals surface area contributed by atoms with Crippen LogP contribution in [0.15, 0.2) is 53.0 Å². The molecule has 3 nitrogen and oxygen atoms in total. The molecule has 1 atom stereocenters. The van der Waals surface area contributed by atoms with Gasteiger partial charge in [-0.3, -0.25) is 4.79 Å². The summed E-state index contributed by atoms with van der Waals surface area (Å²) in [6.07, 6.45) is 0. The summed E-state index contributed by atoms with van der Waals surface area (Å²) in [6, 6.07) is 13.4. The Kier molecular flexibility index (Phi) is 4.20. The summed E-state index contributed by atoms with van der Waals surface area (Å²) in [4.78, 5) is 12.3. The summed E-state index contributed by atoms with van der Waals surface area (Å²) >= 11 is 3.06. The van der Waals surface area contributed by atoms with E-state index in [4.69, 9.17) is 5.73 Å². The number of carbonyl (C=O) groups excluding carboxylic acids is 1. The van der Waals surface area contributed by atoms with Crippen LogP contribution in [-0.4, -0.2) is 5.91 Å². The fourth-order valence-electron chi connectivity index (χ4n) is 1.75. The van der Waals surface area contributed by atoms with E-state index in [0.717, 1.165) is 0 Å². The summed E-state index contributed by atoms with van der Waals surface area (Å²) in [5.74, 6) is -0.841. The zero-order valence-electron chi connectivity index (χ0n) is 10.9. The van der Waals surface area contributed by atoms with E-state index in [1.807, 2.05) is 18.2 Å². The van der Waals surface area contributed by atoms with Crippen LogP contribution in [0.5, 0.6) is 0 Å². The molecule has 1 unspecified atom stereocenters. The summed E-state index contributed by atoms with van der Waals surface area (Å²) in [6.45, 7) is 1.62. The average molecular weight is 337 g/mol. The number of anilines is 1. The van der Waals surface area contributed by atoms with E-state index >= 15 is 0 Å². The fourth-order valence-corrected chi connectivity index (χ4v) is 2.00. The quantitative estimate of drug-likeness (QED) is 0.902. The zero-order chi connectivity index (χ0) is 14.8. The van der Waals surface area contributed by atoms with Crippen molar-refractivity contribution >= 4 is 27.5 Å². The number of halogens is 2. The summed E-state index contributed by atoms with van der Waals surface area (Å²) in [7, 11) is 0. The topological polar surface area (TPSA) is 55.1 Å². The second-order valence-electron chi connectivity index (χ2n) is 4.65. The van der Waals surface area contributed by atoms with E-state index < -0.39 is 17.3 Å². The molecule has 0 aliphatic carbocycles. The molecule has 0 heterocycles. The number of nitrogens with two attached hydrogens (primary N) is 1. The Morgan fingerprint density at radius 3 is 2.50 bits per heavy atom. The van der Waals surface area contributed by atoms with Gasteiger partial charge in [0, 0.05) is 5.69 Å². The third-order valence-corrected chi connectivity index (χ3v) is 3.67. The number of benzene rings is 2. The van der Waals surface area contributed by atoms with Crippen LogP contribution in [0.2, 0.25) is 0 Å². The highest BCUT2D eigenvalue weighted by Gasteiger charge is 2.30. The lowest BCUT2D eigenvalue weighted by molar-refractivity contribution is -0.120. The molecule has 20 heavy (non-hydrogen) atoms. The summed E-state index contributed by atoms with van der Waals surface area (Å²) < 4.78 is 13.8. The maximum Gasteiger partial charge on any atom is 0.248 e. The minimum absolute atomic E-state index is 0.342. The van der Waals surface area contributed by atoms with E-state index in [1.165, 1.54) is 12.1 Å². The Balaban J connectivity index is 2.21. The van der Waals surface area contributed by atoms with Crippen molar-refractivity contribution < 1.29 is 9.18 Å². The van der Waals surface area contributed by atoms with Crippen molar-refractivity contribution in [2.45, 2.75) is 12.5 Å². The van der Waals surface area contributed by atoms with Crippen molar-refractivity contribution in [1.29, 1.82) is 0 Å². The van der Waals surface area contributed by atoms with Gasteiger partial charge in [0.2, 0.25) is 5.91 Å². The van der Waals surface area contributed by atoms with Crippen LogP contribution < -0.4 is 11.1 Å².